The summed E-state index contributed by atoms with van der Waals surface area (Å²) >= 11 is 3.47. The van der Waals surface area contributed by atoms with Crippen LogP contribution in [0.5, 0.6) is 0 Å². The van der Waals surface area contributed by atoms with E-state index in [2.05, 4.69) is 31.4 Å². The van der Waals surface area contributed by atoms with Gasteiger partial charge in [0.25, 0.3) is 0 Å². The Bertz CT molecular complexity index is 584. The predicted molar refractivity (Wildman–Crippen MR) is 81.5 cm³/mol. The molecule has 1 N–H and O–H groups in total. The zero-order valence-electron chi connectivity index (χ0n) is 11.5. The Hall–Kier alpha value is -1.20. The topological polar surface area (TPSA) is 51.0 Å². The summed E-state index contributed by atoms with van der Waals surface area (Å²) in [6.45, 7) is 0. The lowest BCUT2D eigenvalue weighted by Gasteiger charge is -2.28. The van der Waals surface area contributed by atoms with E-state index in [1.807, 2.05) is 31.3 Å². The first-order valence-electron chi connectivity index (χ1n) is 7.05. The van der Waals surface area contributed by atoms with Gasteiger partial charge in [0, 0.05) is 16.1 Å². The van der Waals surface area contributed by atoms with Crippen molar-refractivity contribution in [2.24, 2.45) is 0 Å². The molecule has 5 heteroatoms. The van der Waals surface area contributed by atoms with Crippen LogP contribution in [0, 0.1) is 0 Å². The lowest BCUT2D eigenvalue weighted by molar-refractivity contribution is 0.270. The average Bonchev–Trinajstić information content (AvgIpc) is 2.97. The van der Waals surface area contributed by atoms with Gasteiger partial charge in [0.05, 0.1) is 5.92 Å². The lowest BCUT2D eigenvalue weighted by atomic mass is 9.84. The third kappa shape index (κ3) is 2.79. The third-order valence-corrected chi connectivity index (χ3v) is 4.47. The number of aromatic nitrogens is 2. The second-order valence-electron chi connectivity index (χ2n) is 5.25. The molecule has 106 valence electrons. The summed E-state index contributed by atoms with van der Waals surface area (Å²) in [5, 5.41) is 7.51. The second kappa shape index (κ2) is 6.06. The van der Waals surface area contributed by atoms with Crippen molar-refractivity contribution in [3.05, 3.63) is 34.6 Å². The SMILES string of the molecule is CNC1CCCCC1c1nc(-c2cccc(Br)c2)no1. The van der Waals surface area contributed by atoms with Gasteiger partial charge in [0.2, 0.25) is 11.7 Å². The maximum atomic E-state index is 5.51. The fraction of sp³-hybridized carbons (Fsp3) is 0.467. The van der Waals surface area contributed by atoms with E-state index in [1.54, 1.807) is 0 Å². The van der Waals surface area contributed by atoms with Gasteiger partial charge in [-0.25, -0.2) is 0 Å². The number of hydrogen-bond donors (Lipinski definition) is 1. The summed E-state index contributed by atoms with van der Waals surface area (Å²) in [7, 11) is 2.01. The fourth-order valence-electron chi connectivity index (χ4n) is 2.90. The minimum absolute atomic E-state index is 0.335. The molecule has 0 amide bonds. The number of hydrogen-bond acceptors (Lipinski definition) is 4. The quantitative estimate of drug-likeness (QED) is 0.928. The summed E-state index contributed by atoms with van der Waals surface area (Å²) in [6.07, 6.45) is 4.80. The van der Waals surface area contributed by atoms with Gasteiger partial charge in [-0.3, -0.25) is 0 Å². The monoisotopic (exact) mass is 335 g/mol. The van der Waals surface area contributed by atoms with Crippen LogP contribution in [0.4, 0.5) is 0 Å². The minimum Gasteiger partial charge on any atom is -0.339 e. The standard InChI is InChI=1S/C15H18BrN3O/c1-17-13-8-3-2-7-12(13)15-18-14(19-20-15)10-5-4-6-11(16)9-10/h4-6,9,12-13,17H,2-3,7-8H2,1H3. The van der Waals surface area contributed by atoms with E-state index in [0.717, 1.165) is 22.3 Å². The third-order valence-electron chi connectivity index (χ3n) is 3.98. The average molecular weight is 336 g/mol. The van der Waals surface area contributed by atoms with Crippen LogP contribution in [0.3, 0.4) is 0 Å². The zero-order chi connectivity index (χ0) is 13.9. The van der Waals surface area contributed by atoms with Crippen LogP contribution in [0.2, 0.25) is 0 Å². The highest BCUT2D eigenvalue weighted by Gasteiger charge is 2.29. The molecule has 1 aromatic heterocycles. The first kappa shape index (κ1) is 13.8. The van der Waals surface area contributed by atoms with Gasteiger partial charge in [0.1, 0.15) is 0 Å². The van der Waals surface area contributed by atoms with Gasteiger partial charge in [0.15, 0.2) is 0 Å². The molecule has 20 heavy (non-hydrogen) atoms. The molecular weight excluding hydrogens is 318 g/mol. The van der Waals surface area contributed by atoms with Crippen LogP contribution in [-0.2, 0) is 0 Å². The van der Waals surface area contributed by atoms with E-state index in [9.17, 15) is 0 Å². The molecule has 1 fully saturated rings. The van der Waals surface area contributed by atoms with Gasteiger partial charge in [-0.15, -0.1) is 0 Å². The molecule has 0 radical (unpaired) electrons. The zero-order valence-corrected chi connectivity index (χ0v) is 13.1. The van der Waals surface area contributed by atoms with E-state index in [-0.39, 0.29) is 0 Å². The van der Waals surface area contributed by atoms with E-state index in [4.69, 9.17) is 4.52 Å². The highest BCUT2D eigenvalue weighted by molar-refractivity contribution is 9.10. The molecule has 0 saturated heterocycles. The second-order valence-corrected chi connectivity index (χ2v) is 6.17. The number of nitrogens with one attached hydrogen (secondary N) is 1. The van der Waals surface area contributed by atoms with Gasteiger partial charge < -0.3 is 9.84 Å². The fourth-order valence-corrected chi connectivity index (χ4v) is 3.30. The van der Waals surface area contributed by atoms with E-state index >= 15 is 0 Å². The van der Waals surface area contributed by atoms with E-state index in [1.165, 1.54) is 19.3 Å². The molecule has 2 aromatic rings. The Labute approximate surface area is 127 Å². The normalized spacial score (nSPS) is 22.9. The highest BCUT2D eigenvalue weighted by atomic mass is 79.9. The largest absolute Gasteiger partial charge is 0.339 e. The van der Waals surface area contributed by atoms with Gasteiger partial charge >= 0.3 is 0 Å². The van der Waals surface area contributed by atoms with Gasteiger partial charge in [-0.1, -0.05) is 46.1 Å². The van der Waals surface area contributed by atoms with Gasteiger partial charge in [-0.05, 0) is 32.0 Å². The molecule has 0 spiro atoms. The Morgan fingerprint density at radius 1 is 1.30 bits per heavy atom. The Morgan fingerprint density at radius 2 is 2.15 bits per heavy atom. The van der Waals surface area contributed by atoms with E-state index in [0.29, 0.717) is 17.8 Å². The van der Waals surface area contributed by atoms with Crippen molar-refractivity contribution in [3.8, 4) is 11.4 Å². The molecule has 2 unspecified atom stereocenters. The Balaban J connectivity index is 1.86. The molecule has 1 aliphatic carbocycles. The number of rotatable bonds is 3. The van der Waals surface area contributed by atoms with Crippen LogP contribution in [0.1, 0.15) is 37.5 Å². The minimum atomic E-state index is 0.335. The van der Waals surface area contributed by atoms with Crippen LogP contribution >= 0.6 is 15.9 Å². The molecule has 1 aromatic carbocycles. The van der Waals surface area contributed by atoms with Crippen molar-refractivity contribution >= 4 is 15.9 Å². The predicted octanol–water partition coefficient (Wildman–Crippen LogP) is 3.74. The maximum absolute atomic E-state index is 5.51. The number of likely N-dealkylation sites (N-methyl/N-ethyl adjacent to an activating group) is 1. The molecular formula is C15H18BrN3O. The molecule has 1 saturated carbocycles. The summed E-state index contributed by atoms with van der Waals surface area (Å²) in [5.41, 5.74) is 0.978. The molecule has 2 atom stereocenters. The summed E-state index contributed by atoms with van der Waals surface area (Å²) in [6, 6.07) is 8.41. The molecule has 0 bridgehead atoms. The Kier molecular flexibility index (Phi) is 4.17. The van der Waals surface area contributed by atoms with Crippen molar-refractivity contribution in [2.45, 2.75) is 37.6 Å². The molecule has 3 rings (SSSR count). The first-order chi connectivity index (χ1) is 9.78. The maximum Gasteiger partial charge on any atom is 0.231 e. The van der Waals surface area contributed by atoms with Crippen molar-refractivity contribution in [3.63, 3.8) is 0 Å². The van der Waals surface area contributed by atoms with Crippen LogP contribution in [0.25, 0.3) is 11.4 Å². The van der Waals surface area contributed by atoms with Crippen LogP contribution in [0.15, 0.2) is 33.3 Å². The highest BCUT2D eigenvalue weighted by Crippen LogP contribution is 2.33. The smallest absolute Gasteiger partial charge is 0.231 e. The summed E-state index contributed by atoms with van der Waals surface area (Å²) < 4.78 is 6.53. The Morgan fingerprint density at radius 3 is 2.95 bits per heavy atom. The molecule has 1 aliphatic rings. The van der Waals surface area contributed by atoms with Crippen LogP contribution in [-0.4, -0.2) is 23.2 Å². The van der Waals surface area contributed by atoms with Crippen molar-refractivity contribution in [2.75, 3.05) is 7.05 Å². The number of nitrogens with zero attached hydrogens (tertiary/aromatic N) is 2. The molecule has 0 aliphatic heterocycles. The lowest BCUT2D eigenvalue weighted by Crippen LogP contribution is -2.34. The van der Waals surface area contributed by atoms with Gasteiger partial charge in [-0.2, -0.15) is 4.98 Å². The number of halogens is 1. The van der Waals surface area contributed by atoms with Crippen LogP contribution < -0.4 is 5.32 Å². The summed E-state index contributed by atoms with van der Waals surface area (Å²) in [4.78, 5) is 4.60. The number of benzene rings is 1. The molecule has 4 nitrogen and oxygen atoms in total. The summed E-state index contributed by atoms with van der Waals surface area (Å²) in [5.74, 6) is 1.77. The molecule has 1 heterocycles. The van der Waals surface area contributed by atoms with Crippen molar-refractivity contribution < 1.29 is 4.52 Å². The van der Waals surface area contributed by atoms with E-state index < -0.39 is 0 Å². The van der Waals surface area contributed by atoms with Crippen molar-refractivity contribution in [1.82, 2.24) is 15.5 Å². The first-order valence-corrected chi connectivity index (χ1v) is 7.84. The van der Waals surface area contributed by atoms with Crippen molar-refractivity contribution in [1.29, 1.82) is 0 Å².